The van der Waals surface area contributed by atoms with E-state index < -0.39 is 0 Å². The molecular formula is C57H47N3. The minimum Gasteiger partial charge on any atom is -0.310 e. The predicted molar refractivity (Wildman–Crippen MR) is 256 cm³/mol. The van der Waals surface area contributed by atoms with Gasteiger partial charge >= 0.3 is 0 Å². The van der Waals surface area contributed by atoms with E-state index >= 15 is 0 Å². The summed E-state index contributed by atoms with van der Waals surface area (Å²) in [6, 6.07) is 65.9. The molecule has 0 aliphatic carbocycles. The molecule has 1 aromatic heterocycles. The molecule has 0 unspecified atom stereocenters. The zero-order chi connectivity index (χ0) is 40.9. The molecule has 2 heterocycles. The maximum Gasteiger partial charge on any atom is 0.0583 e. The van der Waals surface area contributed by atoms with Gasteiger partial charge in [0.15, 0.2) is 0 Å². The van der Waals surface area contributed by atoms with Gasteiger partial charge in [-0.2, -0.15) is 0 Å². The van der Waals surface area contributed by atoms with E-state index in [9.17, 15) is 0 Å². The summed E-state index contributed by atoms with van der Waals surface area (Å²) in [7, 11) is 0. The Balaban J connectivity index is 1.22. The van der Waals surface area contributed by atoms with Gasteiger partial charge in [0.1, 0.15) is 0 Å². The van der Waals surface area contributed by atoms with Gasteiger partial charge in [-0.25, -0.2) is 0 Å². The van der Waals surface area contributed by atoms with Crippen LogP contribution >= 0.6 is 0 Å². The molecule has 0 fully saturated rings. The van der Waals surface area contributed by atoms with E-state index in [0.717, 1.165) is 34.1 Å². The Hall–Kier alpha value is -7.10. The number of para-hydroxylation sites is 1. The van der Waals surface area contributed by atoms with E-state index in [0.29, 0.717) is 0 Å². The summed E-state index contributed by atoms with van der Waals surface area (Å²) in [4.78, 5) is 4.91. The number of anilines is 6. The van der Waals surface area contributed by atoms with Gasteiger partial charge in [0.25, 0.3) is 0 Å². The molecule has 3 nitrogen and oxygen atoms in total. The average molecular weight is 774 g/mol. The lowest BCUT2D eigenvalue weighted by Gasteiger charge is -2.36. The third kappa shape index (κ3) is 5.72. The van der Waals surface area contributed by atoms with Crippen molar-refractivity contribution in [2.24, 2.45) is 0 Å². The Morgan fingerprint density at radius 1 is 0.367 bits per heavy atom. The van der Waals surface area contributed by atoms with Crippen LogP contribution in [-0.4, -0.2) is 4.57 Å². The number of benzene rings is 9. The number of aryl methyl sites for hydroxylation is 4. The summed E-state index contributed by atoms with van der Waals surface area (Å²) in [6.07, 6.45) is 0. The molecule has 0 atom stereocenters. The van der Waals surface area contributed by atoms with Crippen molar-refractivity contribution < 1.29 is 0 Å². The van der Waals surface area contributed by atoms with Gasteiger partial charge in [0.05, 0.1) is 16.7 Å². The van der Waals surface area contributed by atoms with Gasteiger partial charge in [-0.3, -0.25) is 0 Å². The van der Waals surface area contributed by atoms with Crippen molar-refractivity contribution in [3.63, 3.8) is 0 Å². The zero-order valence-corrected chi connectivity index (χ0v) is 35.1. The molecule has 10 aromatic rings. The second kappa shape index (κ2) is 13.5. The normalized spacial score (nSPS) is 13.0. The van der Waals surface area contributed by atoms with Crippen molar-refractivity contribution in [1.29, 1.82) is 0 Å². The highest BCUT2D eigenvalue weighted by Crippen LogP contribution is 2.51. The highest BCUT2D eigenvalue weighted by molar-refractivity contribution is 6.14. The van der Waals surface area contributed by atoms with Crippen LogP contribution in [0.25, 0.3) is 49.0 Å². The summed E-state index contributed by atoms with van der Waals surface area (Å²) in [6.45, 7) is 13.6. The third-order valence-electron chi connectivity index (χ3n) is 12.7. The first-order chi connectivity index (χ1) is 29.1. The Morgan fingerprint density at radius 2 is 0.817 bits per heavy atom. The summed E-state index contributed by atoms with van der Waals surface area (Å²) in [5, 5.41) is 7.40. The lowest BCUT2D eigenvalue weighted by molar-refractivity contribution is 0.630. The molecule has 1 aliphatic rings. The number of rotatable bonds is 6. The molecule has 0 saturated heterocycles. The van der Waals surface area contributed by atoms with Crippen molar-refractivity contribution in [2.45, 2.75) is 47.0 Å². The molecule has 0 saturated carbocycles. The Labute approximate surface area is 352 Å². The van der Waals surface area contributed by atoms with Crippen LogP contribution in [0.15, 0.2) is 176 Å². The quantitative estimate of drug-likeness (QED) is 0.167. The van der Waals surface area contributed by atoms with Gasteiger partial charge in [-0.1, -0.05) is 105 Å². The van der Waals surface area contributed by atoms with E-state index in [2.05, 4.69) is 232 Å². The van der Waals surface area contributed by atoms with E-state index in [1.54, 1.807) is 0 Å². The van der Waals surface area contributed by atoms with Crippen molar-refractivity contribution in [3.05, 3.63) is 209 Å². The van der Waals surface area contributed by atoms with Crippen LogP contribution in [-0.2, 0) is 5.41 Å². The van der Waals surface area contributed by atoms with Crippen LogP contribution in [0.2, 0.25) is 0 Å². The maximum atomic E-state index is 2.53. The maximum absolute atomic E-state index is 2.53. The molecule has 290 valence electrons. The molecule has 9 aromatic carbocycles. The molecular weight excluding hydrogens is 727 g/mol. The topological polar surface area (TPSA) is 11.4 Å². The third-order valence-corrected chi connectivity index (χ3v) is 12.7. The van der Waals surface area contributed by atoms with Crippen LogP contribution < -0.4 is 9.80 Å². The second-order valence-corrected chi connectivity index (χ2v) is 17.5. The largest absolute Gasteiger partial charge is 0.310 e. The van der Waals surface area contributed by atoms with Crippen LogP contribution in [0.1, 0.15) is 47.2 Å². The standard InChI is InChI=1S/C57H47N3/c1-36-25-37(2)28-47(27-36)58(44-21-19-40-13-7-9-15-42(40)31-44)46-23-24-54-50(33-46)51-34-49(35-53-56(51)60(54)55-18-12-11-17-52(55)57(53,5)6)59(48-29-38(3)26-39(4)30-48)45-22-20-41-14-8-10-16-43(41)32-45/h7-35H,1-6H3. The lowest BCUT2D eigenvalue weighted by atomic mass is 9.74. The lowest BCUT2D eigenvalue weighted by Crippen LogP contribution is -2.26. The molecule has 0 N–H and O–H groups in total. The summed E-state index contributed by atoms with van der Waals surface area (Å²) in [5.41, 5.74) is 18.0. The van der Waals surface area contributed by atoms with E-state index in [1.165, 1.54) is 82.4 Å². The number of hydrogen-bond acceptors (Lipinski definition) is 2. The van der Waals surface area contributed by atoms with Crippen molar-refractivity contribution in [1.82, 2.24) is 4.57 Å². The fraction of sp³-hybridized carbons (Fsp3) is 0.123. The van der Waals surface area contributed by atoms with Gasteiger partial charge in [0, 0.05) is 50.3 Å². The fourth-order valence-corrected chi connectivity index (χ4v) is 10.1. The van der Waals surface area contributed by atoms with Gasteiger partial charge < -0.3 is 14.4 Å². The average Bonchev–Trinajstić information content (AvgIpc) is 3.56. The first-order valence-electron chi connectivity index (χ1n) is 21.1. The van der Waals surface area contributed by atoms with Crippen molar-refractivity contribution in [2.75, 3.05) is 9.80 Å². The summed E-state index contributed by atoms with van der Waals surface area (Å²) >= 11 is 0. The summed E-state index contributed by atoms with van der Waals surface area (Å²) < 4.78 is 2.53. The predicted octanol–water partition coefficient (Wildman–Crippen LogP) is 15.9. The van der Waals surface area contributed by atoms with Crippen LogP contribution in [0, 0.1) is 27.7 Å². The smallest absolute Gasteiger partial charge is 0.0583 e. The van der Waals surface area contributed by atoms with E-state index in [4.69, 9.17) is 0 Å². The Bertz CT molecular complexity index is 3320. The molecule has 1 aliphatic heterocycles. The fourth-order valence-electron chi connectivity index (χ4n) is 10.1. The second-order valence-electron chi connectivity index (χ2n) is 17.5. The molecule has 60 heavy (non-hydrogen) atoms. The molecule has 0 bridgehead atoms. The number of aromatic nitrogens is 1. The van der Waals surface area contributed by atoms with E-state index in [-0.39, 0.29) is 5.41 Å². The van der Waals surface area contributed by atoms with Gasteiger partial charge in [0.2, 0.25) is 0 Å². The van der Waals surface area contributed by atoms with Crippen molar-refractivity contribution >= 4 is 77.5 Å². The van der Waals surface area contributed by atoms with Gasteiger partial charge in [-0.15, -0.1) is 0 Å². The van der Waals surface area contributed by atoms with Gasteiger partial charge in [-0.05, 0) is 168 Å². The van der Waals surface area contributed by atoms with Crippen LogP contribution in [0.5, 0.6) is 0 Å². The SMILES string of the molecule is Cc1cc(C)cc(N(c2ccc3ccccc3c2)c2ccc3c(c2)c2cc(N(c4cc(C)cc(C)c4)c4ccc5ccccc5c4)cc4c2n3-c2ccccc2C4(C)C)c1. The molecule has 0 spiro atoms. The summed E-state index contributed by atoms with van der Waals surface area (Å²) in [5.74, 6) is 0. The zero-order valence-electron chi connectivity index (χ0n) is 35.1. The van der Waals surface area contributed by atoms with Crippen LogP contribution in [0.4, 0.5) is 34.1 Å². The van der Waals surface area contributed by atoms with Crippen molar-refractivity contribution in [3.8, 4) is 5.69 Å². The minimum atomic E-state index is -0.258. The number of hydrogen-bond donors (Lipinski definition) is 0. The first-order valence-corrected chi connectivity index (χ1v) is 21.1. The number of nitrogens with zero attached hydrogens (tertiary/aromatic N) is 3. The van der Waals surface area contributed by atoms with Crippen LogP contribution in [0.3, 0.4) is 0 Å². The highest BCUT2D eigenvalue weighted by Gasteiger charge is 2.36. The minimum absolute atomic E-state index is 0.258. The molecule has 11 rings (SSSR count). The monoisotopic (exact) mass is 773 g/mol. The first kappa shape index (κ1) is 36.0. The number of fused-ring (bicyclic) bond motifs is 7. The van der Waals surface area contributed by atoms with E-state index in [1.807, 2.05) is 0 Å². The molecule has 3 heteroatoms. The Kier molecular flexibility index (Phi) is 8.09. The Morgan fingerprint density at radius 3 is 1.40 bits per heavy atom. The molecule has 0 radical (unpaired) electrons. The highest BCUT2D eigenvalue weighted by atomic mass is 15.2. The molecule has 0 amide bonds.